The van der Waals surface area contributed by atoms with Gasteiger partial charge in [-0.05, 0) is 61.2 Å². The molecule has 7 nitrogen and oxygen atoms in total. The second-order valence-electron chi connectivity index (χ2n) is 8.55. The molecular weight excluding hydrogens is 442 g/mol. The molecule has 2 atom stereocenters. The average molecular weight is 472 g/mol. The molecule has 2 saturated heterocycles. The molecule has 2 N–H and O–H groups in total. The standard InChI is InChI=1S/C25H30ClN3O4/c1-32-21-8-2-17(3-9-21)22-10-13-29(24(30)18-11-14-33-15-12-18)16-23(22)28-25(31)27-20-6-4-19(26)5-7-20/h2-9,18,22-23H,10-16H2,1H3,(H2,27,28,31)/t22?,23-/m1/s1. The van der Waals surface area contributed by atoms with E-state index in [1.54, 1.807) is 31.4 Å². The van der Waals surface area contributed by atoms with Crippen LogP contribution in [0.3, 0.4) is 0 Å². The summed E-state index contributed by atoms with van der Waals surface area (Å²) in [6, 6.07) is 14.4. The fraction of sp³-hybridized carbons (Fsp3) is 0.440. The summed E-state index contributed by atoms with van der Waals surface area (Å²) >= 11 is 5.94. The maximum atomic E-state index is 13.1. The first-order valence-electron chi connectivity index (χ1n) is 11.4. The number of piperidine rings is 1. The molecule has 0 aromatic heterocycles. The highest BCUT2D eigenvalue weighted by atomic mass is 35.5. The number of amides is 3. The van der Waals surface area contributed by atoms with Crippen molar-refractivity contribution >= 4 is 29.2 Å². The van der Waals surface area contributed by atoms with Crippen molar-refractivity contribution in [1.29, 1.82) is 0 Å². The van der Waals surface area contributed by atoms with Crippen molar-refractivity contribution in [2.45, 2.75) is 31.2 Å². The van der Waals surface area contributed by atoms with Crippen LogP contribution in [-0.4, -0.2) is 56.3 Å². The van der Waals surface area contributed by atoms with Gasteiger partial charge in [-0.2, -0.15) is 0 Å². The molecule has 0 spiro atoms. The third-order valence-corrected chi connectivity index (χ3v) is 6.71. The summed E-state index contributed by atoms with van der Waals surface area (Å²) in [5, 5.41) is 6.59. The largest absolute Gasteiger partial charge is 0.497 e. The molecule has 2 aromatic rings. The second kappa shape index (κ2) is 10.9. The molecule has 2 aliphatic heterocycles. The first kappa shape index (κ1) is 23.4. The Morgan fingerprint density at radius 2 is 1.73 bits per heavy atom. The summed E-state index contributed by atoms with van der Waals surface area (Å²) in [4.78, 5) is 27.9. The molecule has 4 rings (SSSR count). The van der Waals surface area contributed by atoms with Crippen molar-refractivity contribution < 1.29 is 19.1 Å². The van der Waals surface area contributed by atoms with E-state index in [1.807, 2.05) is 29.2 Å². The van der Waals surface area contributed by atoms with E-state index in [-0.39, 0.29) is 29.8 Å². The monoisotopic (exact) mass is 471 g/mol. The number of benzene rings is 2. The average Bonchev–Trinajstić information content (AvgIpc) is 2.85. The Hall–Kier alpha value is -2.77. The van der Waals surface area contributed by atoms with Crippen LogP contribution in [0.15, 0.2) is 48.5 Å². The zero-order valence-corrected chi connectivity index (χ0v) is 19.5. The Kier molecular flexibility index (Phi) is 7.73. The summed E-state index contributed by atoms with van der Waals surface area (Å²) < 4.78 is 10.7. The predicted molar refractivity (Wildman–Crippen MR) is 128 cm³/mol. The van der Waals surface area contributed by atoms with E-state index in [9.17, 15) is 9.59 Å². The Bertz CT molecular complexity index is 945. The van der Waals surface area contributed by atoms with Crippen molar-refractivity contribution in [2.24, 2.45) is 5.92 Å². The summed E-state index contributed by atoms with van der Waals surface area (Å²) in [5.41, 5.74) is 1.77. The molecule has 2 aromatic carbocycles. The number of anilines is 1. The molecule has 0 bridgehead atoms. The minimum absolute atomic E-state index is 0.000157. The Morgan fingerprint density at radius 3 is 2.39 bits per heavy atom. The number of ether oxygens (including phenoxy) is 2. The first-order chi connectivity index (χ1) is 16.0. The quantitative estimate of drug-likeness (QED) is 0.682. The van der Waals surface area contributed by atoms with E-state index in [0.29, 0.717) is 37.0 Å². The molecule has 2 heterocycles. The molecule has 1 unspecified atom stereocenters. The number of carbonyl (C=O) groups excluding carboxylic acids is 2. The van der Waals surface area contributed by atoms with Crippen LogP contribution in [0.25, 0.3) is 0 Å². The maximum absolute atomic E-state index is 13.1. The number of likely N-dealkylation sites (tertiary alicyclic amines) is 1. The molecule has 3 amide bonds. The zero-order chi connectivity index (χ0) is 23.2. The Morgan fingerprint density at radius 1 is 1.03 bits per heavy atom. The van der Waals surface area contributed by atoms with Gasteiger partial charge in [0.05, 0.1) is 13.2 Å². The van der Waals surface area contributed by atoms with Crippen LogP contribution in [0, 0.1) is 5.92 Å². The summed E-state index contributed by atoms with van der Waals surface area (Å²) in [6.45, 7) is 2.40. The van der Waals surface area contributed by atoms with Gasteiger partial charge in [-0.25, -0.2) is 4.79 Å². The molecule has 33 heavy (non-hydrogen) atoms. The maximum Gasteiger partial charge on any atom is 0.319 e. The van der Waals surface area contributed by atoms with Gasteiger partial charge in [-0.15, -0.1) is 0 Å². The molecule has 2 aliphatic rings. The summed E-state index contributed by atoms with van der Waals surface area (Å²) in [7, 11) is 1.64. The van der Waals surface area contributed by atoms with E-state index in [2.05, 4.69) is 10.6 Å². The molecule has 176 valence electrons. The smallest absolute Gasteiger partial charge is 0.319 e. The fourth-order valence-electron chi connectivity index (χ4n) is 4.62. The highest BCUT2D eigenvalue weighted by Crippen LogP contribution is 2.31. The zero-order valence-electron chi connectivity index (χ0n) is 18.8. The summed E-state index contributed by atoms with van der Waals surface area (Å²) in [6.07, 6.45) is 2.28. The molecule has 0 aliphatic carbocycles. The normalized spacial score (nSPS) is 21.3. The van der Waals surface area contributed by atoms with Gasteiger partial charge in [0.25, 0.3) is 0 Å². The third kappa shape index (κ3) is 5.97. The number of halogens is 1. The van der Waals surface area contributed by atoms with Gasteiger partial charge in [0.15, 0.2) is 0 Å². The fourth-order valence-corrected chi connectivity index (χ4v) is 4.75. The number of hydrogen-bond acceptors (Lipinski definition) is 4. The number of rotatable bonds is 5. The SMILES string of the molecule is COc1ccc(C2CCN(C(=O)C3CCOCC3)C[C@H]2NC(=O)Nc2ccc(Cl)cc2)cc1. The number of urea groups is 1. The Balaban J connectivity index is 1.48. The van der Waals surface area contributed by atoms with E-state index in [0.717, 1.165) is 30.6 Å². The van der Waals surface area contributed by atoms with Gasteiger partial charge in [0.1, 0.15) is 5.75 Å². The van der Waals surface area contributed by atoms with Crippen LogP contribution in [0.2, 0.25) is 5.02 Å². The van der Waals surface area contributed by atoms with E-state index < -0.39 is 0 Å². The van der Waals surface area contributed by atoms with Crippen molar-refractivity contribution in [3.8, 4) is 5.75 Å². The van der Waals surface area contributed by atoms with Crippen LogP contribution in [-0.2, 0) is 9.53 Å². The van der Waals surface area contributed by atoms with Gasteiger partial charge in [0.2, 0.25) is 5.91 Å². The van der Waals surface area contributed by atoms with Gasteiger partial charge < -0.3 is 25.0 Å². The lowest BCUT2D eigenvalue weighted by molar-refractivity contribution is -0.140. The molecule has 2 fully saturated rings. The molecule has 0 saturated carbocycles. The Labute approximate surface area is 199 Å². The lowest BCUT2D eigenvalue weighted by atomic mass is 9.84. The highest BCUT2D eigenvalue weighted by molar-refractivity contribution is 6.30. The summed E-state index contributed by atoms with van der Waals surface area (Å²) in [5.74, 6) is 1.04. The van der Waals surface area contributed by atoms with Crippen molar-refractivity contribution in [3.63, 3.8) is 0 Å². The van der Waals surface area contributed by atoms with Crippen molar-refractivity contribution in [1.82, 2.24) is 10.2 Å². The van der Waals surface area contributed by atoms with E-state index in [4.69, 9.17) is 21.1 Å². The van der Waals surface area contributed by atoms with Gasteiger partial charge >= 0.3 is 6.03 Å². The molecular formula is C25H30ClN3O4. The number of nitrogens with zero attached hydrogens (tertiary/aromatic N) is 1. The minimum Gasteiger partial charge on any atom is -0.497 e. The van der Waals surface area contributed by atoms with E-state index in [1.165, 1.54) is 0 Å². The molecule has 8 heteroatoms. The van der Waals surface area contributed by atoms with Crippen molar-refractivity contribution in [2.75, 3.05) is 38.7 Å². The topological polar surface area (TPSA) is 79.9 Å². The second-order valence-corrected chi connectivity index (χ2v) is 8.99. The highest BCUT2D eigenvalue weighted by Gasteiger charge is 2.36. The van der Waals surface area contributed by atoms with Crippen LogP contribution in [0.5, 0.6) is 5.75 Å². The van der Waals surface area contributed by atoms with Crippen LogP contribution in [0.1, 0.15) is 30.7 Å². The minimum atomic E-state index is -0.304. The number of methoxy groups -OCH3 is 1. The number of hydrogen-bond donors (Lipinski definition) is 2. The van der Waals surface area contributed by atoms with Gasteiger partial charge in [0, 0.05) is 48.8 Å². The van der Waals surface area contributed by atoms with Crippen LogP contribution >= 0.6 is 11.6 Å². The van der Waals surface area contributed by atoms with E-state index >= 15 is 0 Å². The third-order valence-electron chi connectivity index (χ3n) is 6.46. The van der Waals surface area contributed by atoms with Gasteiger partial charge in [-0.1, -0.05) is 23.7 Å². The lowest BCUT2D eigenvalue weighted by Gasteiger charge is -2.41. The van der Waals surface area contributed by atoms with Crippen LogP contribution in [0.4, 0.5) is 10.5 Å². The van der Waals surface area contributed by atoms with Crippen LogP contribution < -0.4 is 15.4 Å². The lowest BCUT2D eigenvalue weighted by Crippen LogP contribution is -2.55. The van der Waals surface area contributed by atoms with Gasteiger partial charge in [-0.3, -0.25) is 4.79 Å². The first-order valence-corrected chi connectivity index (χ1v) is 11.7. The number of nitrogens with one attached hydrogen (secondary N) is 2. The number of carbonyl (C=O) groups is 2. The van der Waals surface area contributed by atoms with Crippen molar-refractivity contribution in [3.05, 3.63) is 59.1 Å². The molecule has 0 radical (unpaired) electrons. The predicted octanol–water partition coefficient (Wildman–Crippen LogP) is 4.28.